The van der Waals surface area contributed by atoms with E-state index in [2.05, 4.69) is 0 Å². The molecule has 1 aromatic rings. The summed E-state index contributed by atoms with van der Waals surface area (Å²) < 4.78 is 4.95. The Bertz CT molecular complexity index is 385. The molecule has 0 aliphatic rings. The number of carbonyl (C=O) groups is 2. The molecule has 0 atom stereocenters. The van der Waals surface area contributed by atoms with Crippen LogP contribution in [0.1, 0.15) is 26.3 Å². The molecule has 4 heteroatoms. The van der Waals surface area contributed by atoms with Crippen molar-refractivity contribution in [3.8, 4) is 5.75 Å². The Morgan fingerprint density at radius 2 is 2.14 bits per heavy atom. The van der Waals surface area contributed by atoms with Crippen LogP contribution in [0.2, 0.25) is 0 Å². The summed E-state index contributed by atoms with van der Waals surface area (Å²) in [6.45, 7) is 1.77. The van der Waals surface area contributed by atoms with E-state index in [1.807, 2.05) is 0 Å². The largest absolute Gasteiger partial charge is 0.495 e. The van der Waals surface area contributed by atoms with Crippen molar-refractivity contribution < 1.29 is 14.3 Å². The number of hydrogen-bond donors (Lipinski definition) is 0. The minimum Gasteiger partial charge on any atom is -0.495 e. The third-order valence-corrected chi connectivity index (χ3v) is 2.01. The van der Waals surface area contributed by atoms with Crippen molar-refractivity contribution in [3.05, 3.63) is 28.8 Å². The third kappa shape index (κ3) is 1.93. The minimum atomic E-state index is -0.631. The monoisotopic (exact) mass is 212 g/mol. The van der Waals surface area contributed by atoms with Crippen molar-refractivity contribution in [2.75, 3.05) is 7.11 Å². The van der Waals surface area contributed by atoms with Crippen LogP contribution in [-0.2, 0) is 0 Å². The van der Waals surface area contributed by atoms with E-state index in [0.717, 1.165) is 5.56 Å². The molecule has 0 unspecified atom stereocenters. The van der Waals surface area contributed by atoms with Crippen LogP contribution in [-0.4, -0.2) is 18.6 Å². The maximum atomic E-state index is 11.0. The maximum Gasteiger partial charge on any atom is 0.256 e. The zero-order valence-corrected chi connectivity index (χ0v) is 8.59. The van der Waals surface area contributed by atoms with Gasteiger partial charge in [-0.3, -0.25) is 9.59 Å². The lowest BCUT2D eigenvalue weighted by atomic mass is 10.1. The Morgan fingerprint density at radius 3 is 2.57 bits per heavy atom. The van der Waals surface area contributed by atoms with Gasteiger partial charge in [-0.1, -0.05) is 0 Å². The molecular formula is C10H9ClO3. The topological polar surface area (TPSA) is 43.4 Å². The van der Waals surface area contributed by atoms with Gasteiger partial charge in [0.2, 0.25) is 0 Å². The lowest BCUT2D eigenvalue weighted by molar-refractivity contribution is 0.107. The number of rotatable bonds is 3. The van der Waals surface area contributed by atoms with E-state index in [-0.39, 0.29) is 11.3 Å². The summed E-state index contributed by atoms with van der Waals surface area (Å²) in [6.07, 6.45) is 0.634. The SMILES string of the molecule is COc1c(C=O)cc(C)cc1C(=O)Cl. The van der Waals surface area contributed by atoms with E-state index >= 15 is 0 Å². The molecule has 0 heterocycles. The Labute approximate surface area is 86.6 Å². The van der Waals surface area contributed by atoms with Gasteiger partial charge in [-0.2, -0.15) is 0 Å². The number of ether oxygens (including phenoxy) is 1. The molecule has 0 saturated heterocycles. The van der Waals surface area contributed by atoms with Gasteiger partial charge in [0.05, 0.1) is 18.2 Å². The molecule has 0 N–H and O–H groups in total. The van der Waals surface area contributed by atoms with Crippen LogP contribution in [0.15, 0.2) is 12.1 Å². The highest BCUT2D eigenvalue weighted by Crippen LogP contribution is 2.25. The van der Waals surface area contributed by atoms with Crippen LogP contribution in [0.3, 0.4) is 0 Å². The van der Waals surface area contributed by atoms with Gasteiger partial charge >= 0.3 is 0 Å². The second-order valence-corrected chi connectivity index (χ2v) is 3.17. The highest BCUT2D eigenvalue weighted by atomic mass is 35.5. The summed E-state index contributed by atoms with van der Waals surface area (Å²) in [7, 11) is 1.39. The quantitative estimate of drug-likeness (QED) is 0.570. The van der Waals surface area contributed by atoms with Gasteiger partial charge in [-0.25, -0.2) is 0 Å². The van der Waals surface area contributed by atoms with Crippen molar-refractivity contribution in [2.45, 2.75) is 6.92 Å². The molecule has 0 aromatic heterocycles. The number of benzene rings is 1. The predicted octanol–water partition coefficient (Wildman–Crippen LogP) is 2.20. The zero-order valence-electron chi connectivity index (χ0n) is 7.83. The molecule has 0 radical (unpaired) electrons. The summed E-state index contributed by atoms with van der Waals surface area (Å²) >= 11 is 5.35. The average molecular weight is 213 g/mol. The zero-order chi connectivity index (χ0) is 10.7. The first kappa shape index (κ1) is 10.7. The first-order chi connectivity index (χ1) is 6.60. The second kappa shape index (κ2) is 4.24. The fourth-order valence-electron chi connectivity index (χ4n) is 1.26. The molecule has 74 valence electrons. The molecule has 0 spiro atoms. The van der Waals surface area contributed by atoms with Crippen LogP contribution in [0.5, 0.6) is 5.75 Å². The molecular weight excluding hydrogens is 204 g/mol. The Kier molecular flexibility index (Phi) is 3.25. The fraction of sp³-hybridized carbons (Fsp3) is 0.200. The minimum absolute atomic E-state index is 0.219. The van der Waals surface area contributed by atoms with Crippen molar-refractivity contribution in [2.24, 2.45) is 0 Å². The molecule has 1 rings (SSSR count). The van der Waals surface area contributed by atoms with Gasteiger partial charge in [0.1, 0.15) is 5.75 Å². The molecule has 3 nitrogen and oxygen atoms in total. The van der Waals surface area contributed by atoms with Gasteiger partial charge in [0.15, 0.2) is 6.29 Å². The molecule has 0 aliphatic carbocycles. The van der Waals surface area contributed by atoms with Crippen LogP contribution >= 0.6 is 11.6 Å². The molecule has 0 amide bonds. The molecule has 0 saturated carbocycles. The van der Waals surface area contributed by atoms with Crippen LogP contribution in [0, 0.1) is 6.92 Å². The average Bonchev–Trinajstić information content (AvgIpc) is 2.16. The Balaban J connectivity index is 3.46. The van der Waals surface area contributed by atoms with E-state index in [0.29, 0.717) is 11.8 Å². The summed E-state index contributed by atoms with van der Waals surface area (Å²) in [5.41, 5.74) is 1.34. The molecule has 0 bridgehead atoms. The van der Waals surface area contributed by atoms with Crippen LogP contribution in [0.4, 0.5) is 0 Å². The summed E-state index contributed by atoms with van der Waals surface area (Å²) in [6, 6.07) is 3.22. The maximum absolute atomic E-state index is 11.0. The highest BCUT2D eigenvalue weighted by molar-refractivity contribution is 6.68. The molecule has 1 aromatic carbocycles. The lowest BCUT2D eigenvalue weighted by Crippen LogP contribution is -2.00. The third-order valence-electron chi connectivity index (χ3n) is 1.80. The molecule has 14 heavy (non-hydrogen) atoms. The van der Waals surface area contributed by atoms with Crippen molar-refractivity contribution >= 4 is 23.1 Å². The van der Waals surface area contributed by atoms with Gasteiger partial charge in [0.25, 0.3) is 5.24 Å². The Hall–Kier alpha value is -1.35. The van der Waals surface area contributed by atoms with E-state index in [1.165, 1.54) is 7.11 Å². The Morgan fingerprint density at radius 1 is 1.50 bits per heavy atom. The lowest BCUT2D eigenvalue weighted by Gasteiger charge is -2.08. The second-order valence-electron chi connectivity index (χ2n) is 2.83. The van der Waals surface area contributed by atoms with Gasteiger partial charge in [-0.15, -0.1) is 0 Å². The van der Waals surface area contributed by atoms with Crippen LogP contribution in [0.25, 0.3) is 0 Å². The standard InChI is InChI=1S/C10H9ClO3/c1-6-3-7(5-12)9(14-2)8(4-6)10(11)13/h3-5H,1-2H3. The van der Waals surface area contributed by atoms with Crippen molar-refractivity contribution in [1.82, 2.24) is 0 Å². The molecule has 0 aliphatic heterocycles. The van der Waals surface area contributed by atoms with Crippen LogP contribution < -0.4 is 4.74 Å². The number of carbonyl (C=O) groups excluding carboxylic acids is 2. The summed E-state index contributed by atoms with van der Waals surface area (Å²) in [5, 5.41) is -0.631. The first-order valence-corrected chi connectivity index (χ1v) is 4.31. The van der Waals surface area contributed by atoms with E-state index in [4.69, 9.17) is 16.3 Å². The van der Waals surface area contributed by atoms with Gasteiger partial charge < -0.3 is 4.74 Å². The van der Waals surface area contributed by atoms with Gasteiger partial charge in [0, 0.05) is 0 Å². The summed E-state index contributed by atoms with van der Waals surface area (Å²) in [4.78, 5) is 21.7. The normalized spacial score (nSPS) is 9.64. The number of hydrogen-bond acceptors (Lipinski definition) is 3. The number of methoxy groups -OCH3 is 1. The van der Waals surface area contributed by atoms with Crippen molar-refractivity contribution in [1.29, 1.82) is 0 Å². The first-order valence-electron chi connectivity index (χ1n) is 3.93. The summed E-state index contributed by atoms with van der Waals surface area (Å²) in [5.74, 6) is 0.227. The van der Waals surface area contributed by atoms with E-state index in [9.17, 15) is 9.59 Å². The molecule has 0 fully saturated rings. The number of halogens is 1. The fourth-order valence-corrected chi connectivity index (χ4v) is 1.40. The number of aryl methyl sites for hydroxylation is 1. The predicted molar refractivity (Wildman–Crippen MR) is 53.3 cm³/mol. The smallest absolute Gasteiger partial charge is 0.256 e. The van der Waals surface area contributed by atoms with E-state index in [1.54, 1.807) is 19.1 Å². The highest BCUT2D eigenvalue weighted by Gasteiger charge is 2.14. The van der Waals surface area contributed by atoms with E-state index < -0.39 is 5.24 Å². The van der Waals surface area contributed by atoms with Gasteiger partial charge in [-0.05, 0) is 36.2 Å². The number of aldehydes is 1. The van der Waals surface area contributed by atoms with Crippen molar-refractivity contribution in [3.63, 3.8) is 0 Å².